The average Bonchev–Trinajstić information content (AvgIpc) is 3.09. The van der Waals surface area contributed by atoms with Crippen molar-refractivity contribution in [3.8, 4) is 0 Å². The lowest BCUT2D eigenvalue weighted by Crippen LogP contribution is -2.47. The summed E-state index contributed by atoms with van der Waals surface area (Å²) in [6.45, 7) is 2.04. The number of likely N-dealkylation sites (N-methyl/N-ethyl adjacent to an activating group) is 1. The van der Waals surface area contributed by atoms with E-state index < -0.39 is 0 Å². The zero-order valence-electron chi connectivity index (χ0n) is 10.8. The average molecular weight is 248 g/mol. The number of aromatic nitrogens is 2. The van der Waals surface area contributed by atoms with Crippen LogP contribution in [0.3, 0.4) is 0 Å². The molecule has 3 rings (SSSR count). The molecule has 2 saturated heterocycles. The van der Waals surface area contributed by atoms with E-state index in [1.807, 2.05) is 4.90 Å². The van der Waals surface area contributed by atoms with Crippen LogP contribution in [0, 0.1) is 0 Å². The van der Waals surface area contributed by atoms with Gasteiger partial charge in [-0.1, -0.05) is 0 Å². The first kappa shape index (κ1) is 11.7. The Morgan fingerprint density at radius 3 is 2.78 bits per heavy atom. The van der Waals surface area contributed by atoms with Gasteiger partial charge in [0.15, 0.2) is 0 Å². The van der Waals surface area contributed by atoms with Crippen LogP contribution in [0.5, 0.6) is 0 Å². The molecule has 5 heteroatoms. The minimum atomic E-state index is 0.107. The van der Waals surface area contributed by atoms with Crippen LogP contribution in [0.15, 0.2) is 12.3 Å². The molecule has 0 aliphatic carbocycles. The Kier molecular flexibility index (Phi) is 3.07. The van der Waals surface area contributed by atoms with E-state index >= 15 is 0 Å². The van der Waals surface area contributed by atoms with Crippen molar-refractivity contribution in [3.63, 3.8) is 0 Å². The fourth-order valence-electron chi connectivity index (χ4n) is 3.40. The molecule has 18 heavy (non-hydrogen) atoms. The van der Waals surface area contributed by atoms with Crippen molar-refractivity contribution in [1.29, 1.82) is 0 Å². The number of carbonyl (C=O) groups excluding carboxylic acids is 1. The summed E-state index contributed by atoms with van der Waals surface area (Å²) < 4.78 is 0. The molecule has 1 aromatic heterocycles. The van der Waals surface area contributed by atoms with E-state index in [0.29, 0.717) is 17.8 Å². The van der Waals surface area contributed by atoms with E-state index in [-0.39, 0.29) is 5.91 Å². The molecule has 98 valence electrons. The highest BCUT2D eigenvalue weighted by atomic mass is 16.2. The Hall–Kier alpha value is -1.36. The van der Waals surface area contributed by atoms with Gasteiger partial charge < -0.3 is 9.80 Å². The summed E-state index contributed by atoms with van der Waals surface area (Å²) in [5, 5.41) is 6.65. The summed E-state index contributed by atoms with van der Waals surface area (Å²) >= 11 is 0. The molecule has 1 aromatic rings. The first-order chi connectivity index (χ1) is 8.77. The van der Waals surface area contributed by atoms with Crippen LogP contribution in [0.25, 0.3) is 0 Å². The number of nitrogens with one attached hydrogen (secondary N) is 1. The van der Waals surface area contributed by atoms with Gasteiger partial charge in [0.2, 0.25) is 0 Å². The number of rotatable bonds is 2. The lowest BCUT2D eigenvalue weighted by molar-refractivity contribution is 0.0658. The molecule has 0 saturated carbocycles. The molecule has 2 unspecified atom stereocenters. The highest BCUT2D eigenvalue weighted by molar-refractivity contribution is 5.92. The van der Waals surface area contributed by atoms with Crippen LogP contribution in [-0.2, 0) is 0 Å². The van der Waals surface area contributed by atoms with E-state index in [1.165, 1.54) is 12.8 Å². The molecular weight excluding hydrogens is 228 g/mol. The third-order valence-electron chi connectivity index (χ3n) is 4.31. The molecule has 1 amide bonds. The second-order valence-electron chi connectivity index (χ2n) is 5.37. The van der Waals surface area contributed by atoms with Crippen molar-refractivity contribution in [2.45, 2.75) is 37.8 Å². The summed E-state index contributed by atoms with van der Waals surface area (Å²) in [4.78, 5) is 16.9. The lowest BCUT2D eigenvalue weighted by atomic mass is 10.0. The molecule has 0 radical (unpaired) electrons. The Bertz CT molecular complexity index is 417. The Morgan fingerprint density at radius 1 is 1.33 bits per heavy atom. The summed E-state index contributed by atoms with van der Waals surface area (Å²) in [6, 6.07) is 2.68. The number of hydrogen-bond acceptors (Lipinski definition) is 3. The first-order valence-corrected chi connectivity index (χ1v) is 6.78. The van der Waals surface area contributed by atoms with Crippen LogP contribution in [-0.4, -0.2) is 58.1 Å². The van der Waals surface area contributed by atoms with Crippen molar-refractivity contribution in [1.82, 2.24) is 20.0 Å². The number of hydrogen-bond donors (Lipinski definition) is 1. The van der Waals surface area contributed by atoms with E-state index in [2.05, 4.69) is 22.1 Å². The lowest BCUT2D eigenvalue weighted by Gasteiger charge is -2.33. The monoisotopic (exact) mass is 248 g/mol. The van der Waals surface area contributed by atoms with Gasteiger partial charge in [0.1, 0.15) is 5.69 Å². The smallest absolute Gasteiger partial charge is 0.272 e. The second kappa shape index (κ2) is 4.72. The van der Waals surface area contributed by atoms with Gasteiger partial charge in [0.25, 0.3) is 5.91 Å². The number of likely N-dealkylation sites (tertiary alicyclic amines) is 2. The molecule has 2 fully saturated rings. The number of nitrogens with zero attached hydrogens (tertiary/aromatic N) is 3. The molecule has 0 spiro atoms. The van der Waals surface area contributed by atoms with E-state index in [9.17, 15) is 4.79 Å². The fraction of sp³-hybridized carbons (Fsp3) is 0.692. The van der Waals surface area contributed by atoms with E-state index in [4.69, 9.17) is 0 Å². The Balaban J connectivity index is 1.77. The topological polar surface area (TPSA) is 52.2 Å². The predicted molar refractivity (Wildman–Crippen MR) is 68.3 cm³/mol. The van der Waals surface area contributed by atoms with Crippen molar-refractivity contribution in [3.05, 3.63) is 18.0 Å². The number of amides is 1. The number of H-pyrrole nitrogens is 1. The maximum atomic E-state index is 12.4. The van der Waals surface area contributed by atoms with Crippen molar-refractivity contribution in [2.24, 2.45) is 0 Å². The van der Waals surface area contributed by atoms with Gasteiger partial charge >= 0.3 is 0 Å². The van der Waals surface area contributed by atoms with Crippen LogP contribution in [0.4, 0.5) is 0 Å². The van der Waals surface area contributed by atoms with Gasteiger partial charge in [0, 0.05) is 24.8 Å². The molecule has 1 N–H and O–H groups in total. The van der Waals surface area contributed by atoms with Crippen molar-refractivity contribution >= 4 is 5.91 Å². The third-order valence-corrected chi connectivity index (χ3v) is 4.31. The molecular formula is C13H20N4O. The molecule has 2 aliphatic heterocycles. The largest absolute Gasteiger partial charge is 0.333 e. The highest BCUT2D eigenvalue weighted by Crippen LogP contribution is 2.29. The minimum absolute atomic E-state index is 0.107. The zero-order chi connectivity index (χ0) is 12.5. The van der Waals surface area contributed by atoms with Gasteiger partial charge in [-0.3, -0.25) is 9.89 Å². The Morgan fingerprint density at radius 2 is 2.11 bits per heavy atom. The standard InChI is InChI=1S/C13H20N4O/c1-16-8-2-4-11(16)12-5-3-9-17(12)13(18)10-6-7-14-15-10/h6-7,11-12H,2-5,8-9H2,1H3,(H,14,15). The Labute approximate surface area is 107 Å². The molecule has 0 bridgehead atoms. The van der Waals surface area contributed by atoms with Crippen LogP contribution < -0.4 is 0 Å². The molecule has 3 heterocycles. The van der Waals surface area contributed by atoms with Gasteiger partial charge in [-0.25, -0.2) is 0 Å². The quantitative estimate of drug-likeness (QED) is 0.853. The van der Waals surface area contributed by atoms with Gasteiger partial charge in [-0.2, -0.15) is 5.10 Å². The van der Waals surface area contributed by atoms with Crippen molar-refractivity contribution < 1.29 is 4.79 Å². The minimum Gasteiger partial charge on any atom is -0.333 e. The summed E-state index contributed by atoms with van der Waals surface area (Å²) in [5.74, 6) is 0.107. The molecule has 2 aliphatic rings. The maximum absolute atomic E-state index is 12.4. The summed E-state index contributed by atoms with van der Waals surface area (Å²) in [5.41, 5.74) is 0.613. The molecule has 0 aromatic carbocycles. The molecule has 5 nitrogen and oxygen atoms in total. The van der Waals surface area contributed by atoms with Gasteiger partial charge in [0.05, 0.1) is 0 Å². The van der Waals surface area contributed by atoms with E-state index in [1.54, 1.807) is 12.3 Å². The normalized spacial score (nSPS) is 29.1. The van der Waals surface area contributed by atoms with E-state index in [0.717, 1.165) is 25.9 Å². The highest BCUT2D eigenvalue weighted by Gasteiger charge is 2.38. The van der Waals surface area contributed by atoms with Gasteiger partial charge in [-0.15, -0.1) is 0 Å². The van der Waals surface area contributed by atoms with Gasteiger partial charge in [-0.05, 0) is 45.3 Å². The summed E-state index contributed by atoms with van der Waals surface area (Å²) in [6.07, 6.45) is 6.36. The predicted octanol–water partition coefficient (Wildman–Crippen LogP) is 1.11. The maximum Gasteiger partial charge on any atom is 0.272 e. The van der Waals surface area contributed by atoms with Crippen LogP contribution >= 0.6 is 0 Å². The molecule has 2 atom stereocenters. The van der Waals surface area contributed by atoms with Crippen LogP contribution in [0.1, 0.15) is 36.2 Å². The zero-order valence-corrected chi connectivity index (χ0v) is 10.8. The van der Waals surface area contributed by atoms with Crippen LogP contribution in [0.2, 0.25) is 0 Å². The number of aromatic amines is 1. The third kappa shape index (κ3) is 1.92. The van der Waals surface area contributed by atoms with Crippen molar-refractivity contribution in [2.75, 3.05) is 20.1 Å². The first-order valence-electron chi connectivity index (χ1n) is 6.78. The second-order valence-corrected chi connectivity index (χ2v) is 5.37. The number of carbonyl (C=O) groups is 1. The SMILES string of the molecule is CN1CCCC1C1CCCN1C(=O)c1ccn[nH]1. The fourth-order valence-corrected chi connectivity index (χ4v) is 3.40. The summed E-state index contributed by atoms with van der Waals surface area (Å²) in [7, 11) is 2.18.